The molecule has 0 radical (unpaired) electrons. The Labute approximate surface area is 185 Å². The number of rotatable bonds is 5. The van der Waals surface area contributed by atoms with E-state index in [-0.39, 0.29) is 23.0 Å². The van der Waals surface area contributed by atoms with Gasteiger partial charge < -0.3 is 14.4 Å². The molecule has 0 amide bonds. The Balaban J connectivity index is 1.23. The van der Waals surface area contributed by atoms with Crippen LogP contribution < -0.4 is 9.64 Å². The third-order valence-electron chi connectivity index (χ3n) is 6.07. The number of ether oxygens (including phenoxy) is 2. The summed E-state index contributed by atoms with van der Waals surface area (Å²) in [5, 5.41) is 8.74. The van der Waals surface area contributed by atoms with E-state index in [1.54, 1.807) is 6.20 Å². The molecule has 10 heteroatoms. The summed E-state index contributed by atoms with van der Waals surface area (Å²) < 4.78 is 11.8. The van der Waals surface area contributed by atoms with Gasteiger partial charge >= 0.3 is 6.01 Å². The maximum absolute atomic E-state index is 6.16. The zero-order valence-electron chi connectivity index (χ0n) is 17.7. The van der Waals surface area contributed by atoms with E-state index < -0.39 is 0 Å². The molecular weight excluding hydrogens is 418 g/mol. The molecule has 0 aliphatic carbocycles. The lowest BCUT2D eigenvalue weighted by atomic mass is 9.92. The van der Waals surface area contributed by atoms with E-state index in [1.807, 2.05) is 6.07 Å². The van der Waals surface area contributed by atoms with Crippen molar-refractivity contribution >= 4 is 28.6 Å². The first kappa shape index (κ1) is 20.4. The van der Waals surface area contributed by atoms with Crippen molar-refractivity contribution in [2.75, 3.05) is 24.6 Å². The molecule has 2 aliphatic heterocycles. The van der Waals surface area contributed by atoms with Crippen molar-refractivity contribution in [1.29, 1.82) is 0 Å². The minimum atomic E-state index is -0.101. The molecule has 2 aliphatic rings. The minimum absolute atomic E-state index is 0.0449. The fourth-order valence-electron chi connectivity index (χ4n) is 4.44. The van der Waals surface area contributed by atoms with E-state index >= 15 is 0 Å². The lowest BCUT2D eigenvalue weighted by molar-refractivity contribution is -0.0338. The fourth-order valence-corrected chi connectivity index (χ4v) is 4.59. The van der Waals surface area contributed by atoms with Crippen LogP contribution >= 0.6 is 11.6 Å². The molecule has 0 spiro atoms. The second-order valence-electron chi connectivity index (χ2n) is 8.81. The van der Waals surface area contributed by atoms with Gasteiger partial charge in [0, 0.05) is 36.3 Å². The molecule has 5 heterocycles. The zero-order valence-corrected chi connectivity index (χ0v) is 18.5. The molecule has 5 rings (SSSR count). The highest BCUT2D eigenvalue weighted by molar-refractivity contribution is 6.28. The molecule has 2 fully saturated rings. The number of halogens is 1. The van der Waals surface area contributed by atoms with Crippen molar-refractivity contribution in [3.05, 3.63) is 29.3 Å². The highest BCUT2D eigenvalue weighted by Gasteiger charge is 2.32. The maximum atomic E-state index is 6.16. The summed E-state index contributed by atoms with van der Waals surface area (Å²) in [7, 11) is 0. The first-order valence-electron chi connectivity index (χ1n) is 10.7. The molecule has 0 aromatic carbocycles. The van der Waals surface area contributed by atoms with Crippen molar-refractivity contribution in [3.8, 4) is 6.01 Å². The molecule has 0 saturated carbocycles. The van der Waals surface area contributed by atoms with E-state index in [2.05, 4.69) is 54.9 Å². The average Bonchev–Trinajstić information content (AvgIpc) is 3.35. The highest BCUT2D eigenvalue weighted by Crippen LogP contribution is 2.33. The monoisotopic (exact) mass is 443 g/mol. The number of hydrogen-bond donors (Lipinski definition) is 1. The van der Waals surface area contributed by atoms with Gasteiger partial charge in [-0.25, -0.2) is 4.98 Å². The molecule has 1 atom stereocenters. The maximum Gasteiger partial charge on any atom is 0.322 e. The minimum Gasteiger partial charge on any atom is -0.461 e. The van der Waals surface area contributed by atoms with Crippen LogP contribution in [-0.2, 0) is 4.74 Å². The summed E-state index contributed by atoms with van der Waals surface area (Å²) in [5.74, 6) is 0.943. The number of nitrogens with one attached hydrogen (secondary N) is 1. The SMILES string of the molecule is CC1(C)CCC(COc2nc(Cl)nc(N3CCC(c4[nH]nc5ncccc45)CC3)n2)O1. The zero-order chi connectivity index (χ0) is 21.4. The van der Waals surface area contributed by atoms with E-state index in [0.717, 1.165) is 55.5 Å². The van der Waals surface area contributed by atoms with E-state index in [1.165, 1.54) is 0 Å². The second-order valence-corrected chi connectivity index (χ2v) is 9.15. The molecule has 3 aromatic heterocycles. The summed E-state index contributed by atoms with van der Waals surface area (Å²) >= 11 is 6.16. The highest BCUT2D eigenvalue weighted by atomic mass is 35.5. The first-order chi connectivity index (χ1) is 15.0. The Morgan fingerprint density at radius 2 is 2.06 bits per heavy atom. The number of pyridine rings is 1. The molecule has 0 bridgehead atoms. The van der Waals surface area contributed by atoms with Gasteiger partial charge in [-0.05, 0) is 63.3 Å². The van der Waals surface area contributed by atoms with Crippen LogP contribution in [0.1, 0.15) is 51.1 Å². The Kier molecular flexibility index (Phi) is 5.39. The van der Waals surface area contributed by atoms with Gasteiger partial charge in [-0.3, -0.25) is 5.10 Å². The Morgan fingerprint density at radius 3 is 2.84 bits per heavy atom. The number of H-pyrrole nitrogens is 1. The number of fused-ring (bicyclic) bond motifs is 1. The van der Waals surface area contributed by atoms with Gasteiger partial charge in [-0.2, -0.15) is 20.1 Å². The Morgan fingerprint density at radius 1 is 1.23 bits per heavy atom. The standard InChI is InChI=1S/C21H26ClN7O2/c1-21(2)8-5-14(31-21)12-30-20-25-18(22)24-19(26-20)29-10-6-13(7-11-29)16-15-4-3-9-23-17(15)28-27-16/h3-4,9,13-14H,5-8,10-12H2,1-2H3,(H,23,27,28). The largest absolute Gasteiger partial charge is 0.461 e. The van der Waals surface area contributed by atoms with E-state index in [4.69, 9.17) is 21.1 Å². The van der Waals surface area contributed by atoms with Crippen molar-refractivity contribution < 1.29 is 9.47 Å². The van der Waals surface area contributed by atoms with Crippen LogP contribution in [0, 0.1) is 0 Å². The summed E-state index contributed by atoms with van der Waals surface area (Å²) in [4.78, 5) is 19.4. The third-order valence-corrected chi connectivity index (χ3v) is 6.24. The van der Waals surface area contributed by atoms with Crippen LogP contribution in [0.25, 0.3) is 11.0 Å². The number of anilines is 1. The second kappa shape index (κ2) is 8.20. The normalized spacial score (nSPS) is 21.6. The lowest BCUT2D eigenvalue weighted by Gasteiger charge is -2.31. The molecule has 3 aromatic rings. The van der Waals surface area contributed by atoms with Crippen molar-refractivity contribution in [1.82, 2.24) is 30.1 Å². The Hall–Kier alpha value is -2.52. The molecule has 9 nitrogen and oxygen atoms in total. The van der Waals surface area contributed by atoms with Crippen LogP contribution in [0.2, 0.25) is 5.28 Å². The van der Waals surface area contributed by atoms with Gasteiger partial charge in [0.25, 0.3) is 0 Å². The van der Waals surface area contributed by atoms with Crippen molar-refractivity contribution in [2.45, 2.75) is 57.2 Å². The number of nitrogens with zero attached hydrogens (tertiary/aromatic N) is 6. The predicted molar refractivity (Wildman–Crippen MR) is 117 cm³/mol. The van der Waals surface area contributed by atoms with E-state index in [0.29, 0.717) is 18.5 Å². The van der Waals surface area contributed by atoms with Crippen LogP contribution in [0.5, 0.6) is 6.01 Å². The number of aromatic amines is 1. The summed E-state index contributed by atoms with van der Waals surface area (Å²) in [6.07, 6.45) is 5.70. The number of aromatic nitrogens is 6. The molecule has 1 N–H and O–H groups in total. The van der Waals surface area contributed by atoms with Gasteiger partial charge in [0.15, 0.2) is 5.65 Å². The quantitative estimate of drug-likeness (QED) is 0.639. The Bertz CT molecular complexity index is 1060. The third kappa shape index (κ3) is 4.43. The molecule has 1 unspecified atom stereocenters. The van der Waals surface area contributed by atoms with Gasteiger partial charge in [0.1, 0.15) is 6.61 Å². The van der Waals surface area contributed by atoms with Gasteiger partial charge in [-0.1, -0.05) is 0 Å². The van der Waals surface area contributed by atoms with Crippen LogP contribution in [0.15, 0.2) is 18.3 Å². The topological polar surface area (TPSA) is 102 Å². The molecular formula is C21H26ClN7O2. The smallest absolute Gasteiger partial charge is 0.322 e. The first-order valence-corrected chi connectivity index (χ1v) is 11.1. The number of hydrogen-bond acceptors (Lipinski definition) is 8. The van der Waals surface area contributed by atoms with E-state index in [9.17, 15) is 0 Å². The van der Waals surface area contributed by atoms with Crippen LogP contribution in [0.4, 0.5) is 5.95 Å². The summed E-state index contributed by atoms with van der Waals surface area (Å²) in [5.41, 5.74) is 1.82. The average molecular weight is 444 g/mol. The lowest BCUT2D eigenvalue weighted by Crippen LogP contribution is -2.34. The van der Waals surface area contributed by atoms with Gasteiger partial charge in [0.2, 0.25) is 11.2 Å². The molecule has 2 saturated heterocycles. The molecule has 31 heavy (non-hydrogen) atoms. The summed E-state index contributed by atoms with van der Waals surface area (Å²) in [6.45, 7) is 6.22. The van der Waals surface area contributed by atoms with Crippen molar-refractivity contribution in [3.63, 3.8) is 0 Å². The number of piperidine rings is 1. The predicted octanol–water partition coefficient (Wildman–Crippen LogP) is 3.52. The van der Waals surface area contributed by atoms with Crippen molar-refractivity contribution in [2.24, 2.45) is 0 Å². The van der Waals surface area contributed by atoms with Gasteiger partial charge in [0.05, 0.1) is 11.7 Å². The molecule has 164 valence electrons. The van der Waals surface area contributed by atoms with Gasteiger partial charge in [-0.15, -0.1) is 0 Å². The fraction of sp³-hybridized carbons (Fsp3) is 0.571. The summed E-state index contributed by atoms with van der Waals surface area (Å²) in [6, 6.07) is 4.26. The van der Waals surface area contributed by atoms with Crippen LogP contribution in [-0.4, -0.2) is 61.5 Å². The van der Waals surface area contributed by atoms with Crippen LogP contribution in [0.3, 0.4) is 0 Å².